The zero-order valence-electron chi connectivity index (χ0n) is 8.35. The van der Waals surface area contributed by atoms with Gasteiger partial charge in [-0.3, -0.25) is 0 Å². The first-order valence-electron chi connectivity index (χ1n) is 4.18. The molecule has 8 heteroatoms. The van der Waals surface area contributed by atoms with Crippen LogP contribution >= 0.6 is 0 Å². The van der Waals surface area contributed by atoms with Gasteiger partial charge in [0.2, 0.25) is 0 Å². The first-order valence-corrected chi connectivity index (χ1v) is 4.18. The van der Waals surface area contributed by atoms with E-state index in [2.05, 4.69) is 30.6 Å². The van der Waals surface area contributed by atoms with Crippen LogP contribution in [0.5, 0.6) is 0 Å². The molecular formula is C8H8N6O2. The molecule has 1 N–H and O–H groups in total. The molecule has 0 radical (unpaired) electrons. The first-order chi connectivity index (χ1) is 7.70. The highest BCUT2D eigenvalue weighted by atomic mass is 16.4. The Morgan fingerprint density at radius 2 is 1.81 bits per heavy atom. The lowest BCUT2D eigenvalue weighted by Gasteiger charge is -1.92. The molecule has 0 amide bonds. The van der Waals surface area contributed by atoms with Crippen molar-refractivity contribution in [2.45, 2.75) is 6.92 Å². The Hall–Kier alpha value is -2.51. The molecule has 0 aliphatic rings. The van der Waals surface area contributed by atoms with E-state index in [1.807, 2.05) is 0 Å². The van der Waals surface area contributed by atoms with Crippen LogP contribution in [0.4, 0.5) is 0 Å². The van der Waals surface area contributed by atoms with Crippen molar-refractivity contribution in [2.24, 2.45) is 0 Å². The van der Waals surface area contributed by atoms with Crippen LogP contribution in [-0.2, 0) is 0 Å². The number of carboxylic acid groups (broad SMARTS) is 1. The first kappa shape index (κ1) is 11.6. The number of carbonyl (C=O) groups is 1. The van der Waals surface area contributed by atoms with Gasteiger partial charge in [-0.1, -0.05) is 0 Å². The van der Waals surface area contributed by atoms with Gasteiger partial charge in [0.15, 0.2) is 5.69 Å². The fraction of sp³-hybridized carbons (Fsp3) is 0.125. The summed E-state index contributed by atoms with van der Waals surface area (Å²) in [4.78, 5) is 17.7. The molecule has 0 saturated carbocycles. The molecule has 2 aromatic heterocycles. The minimum absolute atomic E-state index is 0.0347. The smallest absolute Gasteiger partial charge is 0.354 e. The molecule has 0 atom stereocenters. The average Bonchev–Trinajstić information content (AvgIpc) is 2.32. The van der Waals surface area contributed by atoms with Crippen LogP contribution in [0.25, 0.3) is 0 Å². The molecule has 0 saturated heterocycles. The Kier molecular flexibility index (Phi) is 4.38. The average molecular weight is 220 g/mol. The molecule has 2 rings (SSSR count). The molecule has 0 aliphatic carbocycles. The normalized spacial score (nSPS) is 8.81. The molecule has 2 heterocycles. The van der Waals surface area contributed by atoms with E-state index in [0.717, 1.165) is 0 Å². The van der Waals surface area contributed by atoms with Gasteiger partial charge in [0.05, 0.1) is 12.4 Å². The maximum absolute atomic E-state index is 10.3. The summed E-state index contributed by atoms with van der Waals surface area (Å²) < 4.78 is 0. The van der Waals surface area contributed by atoms with Gasteiger partial charge in [0.25, 0.3) is 0 Å². The summed E-state index contributed by atoms with van der Waals surface area (Å²) >= 11 is 0. The summed E-state index contributed by atoms with van der Waals surface area (Å²) in [5, 5.41) is 21.5. The Morgan fingerprint density at radius 3 is 2.12 bits per heavy atom. The number of aromatic carboxylic acids is 1. The van der Waals surface area contributed by atoms with Crippen LogP contribution < -0.4 is 0 Å². The standard InChI is InChI=1S/C6H6N2O2.C2H2N4/c1-4-7-3-2-5(8-4)6(9)10;1-2-4-6-5-3-1/h2-3H,1H3,(H,9,10);1-2H. The topological polar surface area (TPSA) is 115 Å². The van der Waals surface area contributed by atoms with Crippen LogP contribution in [0, 0.1) is 6.92 Å². The van der Waals surface area contributed by atoms with Crippen molar-refractivity contribution < 1.29 is 9.90 Å². The summed E-state index contributed by atoms with van der Waals surface area (Å²) in [5.41, 5.74) is 0.0347. The van der Waals surface area contributed by atoms with Crippen molar-refractivity contribution in [3.8, 4) is 0 Å². The number of nitrogens with zero attached hydrogens (tertiary/aromatic N) is 6. The molecular weight excluding hydrogens is 212 g/mol. The molecule has 0 spiro atoms. The van der Waals surface area contributed by atoms with Crippen molar-refractivity contribution in [1.82, 2.24) is 30.6 Å². The summed E-state index contributed by atoms with van der Waals surface area (Å²) in [7, 11) is 0. The Morgan fingerprint density at radius 1 is 1.19 bits per heavy atom. The quantitative estimate of drug-likeness (QED) is 0.699. The maximum atomic E-state index is 10.3. The third kappa shape index (κ3) is 4.13. The van der Waals surface area contributed by atoms with E-state index in [4.69, 9.17) is 5.11 Å². The lowest BCUT2D eigenvalue weighted by atomic mass is 10.4. The number of aromatic nitrogens is 6. The van der Waals surface area contributed by atoms with E-state index in [1.165, 1.54) is 24.7 Å². The van der Waals surface area contributed by atoms with Gasteiger partial charge in [-0.15, -0.1) is 10.2 Å². The van der Waals surface area contributed by atoms with Gasteiger partial charge in [0.1, 0.15) is 5.82 Å². The minimum Gasteiger partial charge on any atom is -0.477 e. The molecule has 82 valence electrons. The van der Waals surface area contributed by atoms with Gasteiger partial charge >= 0.3 is 5.97 Å². The molecule has 0 unspecified atom stereocenters. The fourth-order valence-corrected chi connectivity index (χ4v) is 0.741. The highest BCUT2D eigenvalue weighted by molar-refractivity contribution is 5.85. The minimum atomic E-state index is -1.02. The molecule has 16 heavy (non-hydrogen) atoms. The second-order valence-corrected chi connectivity index (χ2v) is 2.50. The SMILES string of the molecule is Cc1nccc(C(=O)O)n1.c1cnnnn1. The van der Waals surface area contributed by atoms with Gasteiger partial charge in [-0.05, 0) is 23.4 Å². The van der Waals surface area contributed by atoms with Crippen LogP contribution in [0.1, 0.15) is 16.3 Å². The Bertz CT molecular complexity index is 423. The molecule has 2 aromatic rings. The zero-order valence-corrected chi connectivity index (χ0v) is 8.35. The fourth-order valence-electron chi connectivity index (χ4n) is 0.741. The van der Waals surface area contributed by atoms with Crippen molar-refractivity contribution in [1.29, 1.82) is 0 Å². The summed E-state index contributed by atoms with van der Waals surface area (Å²) in [6, 6.07) is 1.36. The molecule has 0 fully saturated rings. The van der Waals surface area contributed by atoms with Gasteiger partial charge in [-0.25, -0.2) is 14.8 Å². The monoisotopic (exact) mass is 220 g/mol. The predicted octanol–water partition coefficient (Wildman–Crippen LogP) is -0.250. The molecule has 0 bridgehead atoms. The number of hydrogen-bond acceptors (Lipinski definition) is 7. The number of hydrogen-bond donors (Lipinski definition) is 1. The van der Waals surface area contributed by atoms with Crippen molar-refractivity contribution in [2.75, 3.05) is 0 Å². The van der Waals surface area contributed by atoms with E-state index in [1.54, 1.807) is 6.92 Å². The van der Waals surface area contributed by atoms with Crippen molar-refractivity contribution >= 4 is 5.97 Å². The second-order valence-electron chi connectivity index (χ2n) is 2.50. The maximum Gasteiger partial charge on any atom is 0.354 e. The number of aryl methyl sites for hydroxylation is 1. The van der Waals surface area contributed by atoms with Crippen molar-refractivity contribution in [3.63, 3.8) is 0 Å². The summed E-state index contributed by atoms with van der Waals surface area (Å²) in [6.45, 7) is 1.65. The third-order valence-electron chi connectivity index (χ3n) is 1.34. The van der Waals surface area contributed by atoms with E-state index < -0.39 is 5.97 Å². The molecule has 8 nitrogen and oxygen atoms in total. The van der Waals surface area contributed by atoms with Crippen LogP contribution in [0.2, 0.25) is 0 Å². The van der Waals surface area contributed by atoms with E-state index >= 15 is 0 Å². The highest BCUT2D eigenvalue weighted by Crippen LogP contribution is 1.92. The lowest BCUT2D eigenvalue weighted by molar-refractivity contribution is 0.0690. The van der Waals surface area contributed by atoms with Crippen LogP contribution in [0.15, 0.2) is 24.7 Å². The van der Waals surface area contributed by atoms with Crippen LogP contribution in [-0.4, -0.2) is 41.7 Å². The van der Waals surface area contributed by atoms with E-state index in [0.29, 0.717) is 5.82 Å². The highest BCUT2D eigenvalue weighted by Gasteiger charge is 2.02. The Balaban J connectivity index is 0.000000181. The summed E-state index contributed by atoms with van der Waals surface area (Å²) in [5.74, 6) is -0.551. The molecule has 0 aliphatic heterocycles. The van der Waals surface area contributed by atoms with E-state index in [9.17, 15) is 4.79 Å². The van der Waals surface area contributed by atoms with Gasteiger partial charge < -0.3 is 5.11 Å². The molecule has 0 aromatic carbocycles. The lowest BCUT2D eigenvalue weighted by Crippen LogP contribution is -2.01. The van der Waals surface area contributed by atoms with E-state index in [-0.39, 0.29) is 5.69 Å². The number of rotatable bonds is 1. The van der Waals surface area contributed by atoms with Crippen molar-refractivity contribution in [3.05, 3.63) is 36.2 Å². The number of carboxylic acids is 1. The van der Waals surface area contributed by atoms with Gasteiger partial charge in [-0.2, -0.15) is 0 Å². The zero-order chi connectivity index (χ0) is 11.8. The third-order valence-corrected chi connectivity index (χ3v) is 1.34. The Labute approximate surface area is 90.4 Å². The van der Waals surface area contributed by atoms with Gasteiger partial charge in [0, 0.05) is 6.20 Å². The predicted molar refractivity (Wildman–Crippen MR) is 51.4 cm³/mol. The largest absolute Gasteiger partial charge is 0.477 e. The second kappa shape index (κ2) is 6.06. The van der Waals surface area contributed by atoms with Crippen LogP contribution in [0.3, 0.4) is 0 Å². The summed E-state index contributed by atoms with van der Waals surface area (Å²) in [6.07, 6.45) is 4.35.